The van der Waals surface area contributed by atoms with E-state index in [9.17, 15) is 9.59 Å². The first kappa shape index (κ1) is 21.2. The largest absolute Gasteiger partial charge is 0.435 e. The molecule has 1 unspecified atom stereocenters. The fraction of sp³-hybridized carbons (Fsp3) is 0.579. The van der Waals surface area contributed by atoms with Crippen molar-refractivity contribution in [3.05, 3.63) is 37.8 Å². The van der Waals surface area contributed by atoms with Gasteiger partial charge in [-0.05, 0) is 6.42 Å². The number of carbonyl (C=O) groups excluding carboxylic acids is 2. The molecule has 4 heteroatoms. The predicted octanol–water partition coefficient (Wildman–Crippen LogP) is 5.06. The van der Waals surface area contributed by atoms with Crippen LogP contribution in [0.5, 0.6) is 0 Å². The Hall–Kier alpha value is -1.84. The second-order valence-corrected chi connectivity index (χ2v) is 5.52. The summed E-state index contributed by atoms with van der Waals surface area (Å²) >= 11 is 0. The Kier molecular flexibility index (Phi) is 12.7. The van der Waals surface area contributed by atoms with E-state index in [1.165, 1.54) is 32.1 Å². The number of rotatable bonds is 14. The topological polar surface area (TPSA) is 52.6 Å². The molecule has 0 rings (SSSR count). The summed E-state index contributed by atoms with van der Waals surface area (Å²) in [4.78, 5) is 23.6. The van der Waals surface area contributed by atoms with Gasteiger partial charge in [0.15, 0.2) is 0 Å². The summed E-state index contributed by atoms with van der Waals surface area (Å²) in [6, 6.07) is 0. The smallest absolute Gasteiger partial charge is 0.339 e. The summed E-state index contributed by atoms with van der Waals surface area (Å²) in [5, 5.41) is 0. The maximum atomic E-state index is 11.9. The van der Waals surface area contributed by atoms with Gasteiger partial charge in [-0.3, -0.25) is 4.79 Å². The lowest BCUT2D eigenvalue weighted by Crippen LogP contribution is -2.23. The third-order valence-corrected chi connectivity index (χ3v) is 3.70. The molecule has 0 heterocycles. The van der Waals surface area contributed by atoms with Gasteiger partial charge in [0.05, 0.1) is 18.4 Å². The van der Waals surface area contributed by atoms with Gasteiger partial charge in [0.25, 0.3) is 0 Å². The van der Waals surface area contributed by atoms with E-state index in [0.29, 0.717) is 6.42 Å². The van der Waals surface area contributed by atoms with Crippen LogP contribution >= 0.6 is 0 Å². The second kappa shape index (κ2) is 13.8. The summed E-state index contributed by atoms with van der Waals surface area (Å²) in [6.45, 7) is 12.6. The van der Waals surface area contributed by atoms with Crippen molar-refractivity contribution in [2.24, 2.45) is 5.92 Å². The lowest BCUT2D eigenvalue weighted by molar-refractivity contribution is -0.144. The standard InChI is InChI=1S/C19H30O4/c1-5-8-9-10-11-12-13-14-15-17(19(21)23-7-3)16(4)18(20)22-6-2/h6-7,17H,2-5,8-15H2,1H3. The third-order valence-electron chi connectivity index (χ3n) is 3.70. The summed E-state index contributed by atoms with van der Waals surface area (Å²) in [6.07, 6.45) is 11.9. The van der Waals surface area contributed by atoms with Gasteiger partial charge in [0, 0.05) is 5.57 Å². The van der Waals surface area contributed by atoms with Crippen molar-refractivity contribution in [2.45, 2.75) is 64.7 Å². The van der Waals surface area contributed by atoms with E-state index in [0.717, 1.165) is 31.8 Å². The number of ether oxygens (including phenoxy) is 2. The maximum absolute atomic E-state index is 11.9. The molecule has 0 bridgehead atoms. The number of hydrogen-bond acceptors (Lipinski definition) is 4. The highest BCUT2D eigenvalue weighted by Gasteiger charge is 2.27. The van der Waals surface area contributed by atoms with Gasteiger partial charge in [0.1, 0.15) is 0 Å². The van der Waals surface area contributed by atoms with E-state index < -0.39 is 17.9 Å². The van der Waals surface area contributed by atoms with E-state index in [4.69, 9.17) is 4.74 Å². The molecule has 0 aromatic heterocycles. The second-order valence-electron chi connectivity index (χ2n) is 5.52. The van der Waals surface area contributed by atoms with Crippen LogP contribution in [0, 0.1) is 5.92 Å². The summed E-state index contributed by atoms with van der Waals surface area (Å²) < 4.78 is 9.49. The maximum Gasteiger partial charge on any atom is 0.339 e. The molecule has 4 nitrogen and oxygen atoms in total. The van der Waals surface area contributed by atoms with Gasteiger partial charge in [-0.15, -0.1) is 0 Å². The zero-order valence-electron chi connectivity index (χ0n) is 14.4. The molecule has 130 valence electrons. The molecule has 23 heavy (non-hydrogen) atoms. The first-order valence-corrected chi connectivity index (χ1v) is 8.40. The lowest BCUT2D eigenvalue weighted by Gasteiger charge is -2.15. The molecule has 0 aliphatic heterocycles. The highest BCUT2D eigenvalue weighted by Crippen LogP contribution is 2.21. The third kappa shape index (κ3) is 9.72. The fourth-order valence-corrected chi connectivity index (χ4v) is 2.37. The van der Waals surface area contributed by atoms with Gasteiger partial charge < -0.3 is 9.47 Å². The highest BCUT2D eigenvalue weighted by molar-refractivity contribution is 5.95. The van der Waals surface area contributed by atoms with Crippen molar-refractivity contribution in [2.75, 3.05) is 0 Å². The molecule has 1 atom stereocenters. The summed E-state index contributed by atoms with van der Waals surface area (Å²) in [5.41, 5.74) is 0.0969. The van der Waals surface area contributed by atoms with Crippen LogP contribution < -0.4 is 0 Å². The molecule has 0 N–H and O–H groups in total. The number of carbonyl (C=O) groups is 2. The van der Waals surface area contributed by atoms with Crippen molar-refractivity contribution in [1.29, 1.82) is 0 Å². The van der Waals surface area contributed by atoms with Gasteiger partial charge in [-0.25, -0.2) is 4.79 Å². The number of esters is 2. The van der Waals surface area contributed by atoms with E-state index in [1.807, 2.05) is 0 Å². The summed E-state index contributed by atoms with van der Waals surface area (Å²) in [7, 11) is 0. The molecule has 0 spiro atoms. The first-order chi connectivity index (χ1) is 11.1. The quantitative estimate of drug-likeness (QED) is 0.194. The Labute approximate surface area is 140 Å². The van der Waals surface area contributed by atoms with Crippen LogP contribution in [0.4, 0.5) is 0 Å². The van der Waals surface area contributed by atoms with E-state index >= 15 is 0 Å². The SMILES string of the molecule is C=COC(=O)C(=C)C(CCCCCCCCCC)C(=O)OC=C. The van der Waals surface area contributed by atoms with Crippen molar-refractivity contribution in [3.8, 4) is 0 Å². The zero-order valence-corrected chi connectivity index (χ0v) is 14.4. The van der Waals surface area contributed by atoms with Crippen LogP contribution in [0.1, 0.15) is 64.7 Å². The van der Waals surface area contributed by atoms with Crippen molar-refractivity contribution in [3.63, 3.8) is 0 Å². The Morgan fingerprint density at radius 1 is 0.913 bits per heavy atom. The Bertz CT molecular complexity index is 398. The normalized spacial score (nSPS) is 11.3. The molecular formula is C19H30O4. The van der Waals surface area contributed by atoms with Gasteiger partial charge in [-0.2, -0.15) is 0 Å². The minimum Gasteiger partial charge on any atom is -0.435 e. The van der Waals surface area contributed by atoms with Crippen LogP contribution in [-0.2, 0) is 19.1 Å². The monoisotopic (exact) mass is 322 g/mol. The molecule has 0 fully saturated rings. The molecular weight excluding hydrogens is 292 g/mol. The van der Waals surface area contributed by atoms with Crippen molar-refractivity contribution >= 4 is 11.9 Å². The predicted molar refractivity (Wildman–Crippen MR) is 92.4 cm³/mol. The highest BCUT2D eigenvalue weighted by atomic mass is 16.5. The minimum atomic E-state index is -0.694. The molecule has 0 saturated carbocycles. The average molecular weight is 322 g/mol. The number of unbranched alkanes of at least 4 members (excludes halogenated alkanes) is 7. The molecule has 0 radical (unpaired) electrons. The number of hydrogen-bond donors (Lipinski definition) is 0. The summed E-state index contributed by atoms with van der Waals surface area (Å²) in [5.74, 6) is -1.86. The van der Waals surface area contributed by atoms with E-state index in [1.54, 1.807) is 0 Å². The Balaban J connectivity index is 4.24. The first-order valence-electron chi connectivity index (χ1n) is 8.40. The van der Waals surface area contributed by atoms with Gasteiger partial charge in [-0.1, -0.05) is 78.0 Å². The van der Waals surface area contributed by atoms with Crippen LogP contribution in [-0.4, -0.2) is 11.9 Å². The fourth-order valence-electron chi connectivity index (χ4n) is 2.37. The molecule has 0 saturated heterocycles. The molecule has 0 aliphatic carbocycles. The van der Waals surface area contributed by atoms with Gasteiger partial charge >= 0.3 is 11.9 Å². The Morgan fingerprint density at radius 2 is 1.43 bits per heavy atom. The zero-order chi connectivity index (χ0) is 17.5. The van der Waals surface area contributed by atoms with Crippen LogP contribution in [0.3, 0.4) is 0 Å². The van der Waals surface area contributed by atoms with Crippen molar-refractivity contribution in [1.82, 2.24) is 0 Å². The minimum absolute atomic E-state index is 0.0969. The van der Waals surface area contributed by atoms with E-state index in [-0.39, 0.29) is 5.57 Å². The average Bonchev–Trinajstić information content (AvgIpc) is 2.53. The van der Waals surface area contributed by atoms with Crippen molar-refractivity contribution < 1.29 is 19.1 Å². The van der Waals surface area contributed by atoms with Crippen LogP contribution in [0.15, 0.2) is 37.8 Å². The van der Waals surface area contributed by atoms with Crippen LogP contribution in [0.2, 0.25) is 0 Å². The lowest BCUT2D eigenvalue weighted by atomic mass is 9.93. The molecule has 0 aliphatic rings. The molecule has 0 amide bonds. The van der Waals surface area contributed by atoms with Gasteiger partial charge in [0.2, 0.25) is 0 Å². The Morgan fingerprint density at radius 3 is 1.96 bits per heavy atom. The van der Waals surface area contributed by atoms with E-state index in [2.05, 4.69) is 31.4 Å². The molecule has 0 aromatic rings. The molecule has 0 aromatic carbocycles. The van der Waals surface area contributed by atoms with Crippen LogP contribution in [0.25, 0.3) is 0 Å².